The lowest BCUT2D eigenvalue weighted by atomic mass is 9.83. The Hall–Kier alpha value is -4.54. The Bertz CT molecular complexity index is 1580. The minimum atomic E-state index is -4.99. The molecule has 2 amide bonds. The van der Waals surface area contributed by atoms with E-state index < -0.39 is 42.4 Å². The van der Waals surface area contributed by atoms with Gasteiger partial charge in [-0.05, 0) is 91.9 Å². The average molecular weight is 791 g/mol. The van der Waals surface area contributed by atoms with Gasteiger partial charge >= 0.3 is 25.4 Å². The molecule has 2 aliphatic heterocycles. The van der Waals surface area contributed by atoms with Gasteiger partial charge in [0.1, 0.15) is 41.1 Å². The van der Waals surface area contributed by atoms with Crippen LogP contribution >= 0.6 is 0 Å². The number of benzene rings is 1. The van der Waals surface area contributed by atoms with Crippen molar-refractivity contribution in [2.75, 3.05) is 32.8 Å². The fraction of sp³-hybridized carbons (Fsp3) is 0.615. The third kappa shape index (κ3) is 16.7. The molecule has 3 rings (SSSR count). The van der Waals surface area contributed by atoms with Crippen molar-refractivity contribution in [2.24, 2.45) is 9.98 Å². The molecular weight excluding hydrogens is 732 g/mol. The standard InChI is InChI=1S/C39H58BF3N6O7/c1-37(2,3)55-35(51)45-32(46-36(52)56-38(4,5)6)16-13-11-9-8-10-12-14-22-47-24-25-48(33(47)28-31(50)39(41,42)43)26-27-54-30-19-17-29(18-20-30)34-44-21-15-23-49(34)40(7)53/h17-20,24-25,28,53H,8-16,21-23,26-27H2,1-7H3,(H,45,46,51,52)/b33-28+. The first-order valence-electron chi connectivity index (χ1n) is 19.3. The van der Waals surface area contributed by atoms with E-state index in [0.29, 0.717) is 56.6 Å². The molecule has 0 radical (unpaired) electrons. The van der Waals surface area contributed by atoms with Crippen molar-refractivity contribution in [1.29, 1.82) is 0 Å². The molecule has 1 aromatic rings. The van der Waals surface area contributed by atoms with E-state index in [9.17, 15) is 32.6 Å². The number of nitrogens with one attached hydrogen (secondary N) is 1. The first-order valence-corrected chi connectivity index (χ1v) is 19.3. The van der Waals surface area contributed by atoms with E-state index in [2.05, 4.69) is 15.3 Å². The second kappa shape index (κ2) is 21.1. The number of aliphatic imine (C=N–C) groups is 2. The van der Waals surface area contributed by atoms with E-state index in [0.717, 1.165) is 44.1 Å². The SMILES string of the molecule is CB(O)N1CCCN=C1c1ccc(OCCN2C=CN(CCCCCCCCCC(=NC(=O)OC(C)(C)C)NC(=O)OC(C)(C)C)/C2=C\C(=O)C(F)(F)F)cc1. The molecule has 310 valence electrons. The molecule has 0 unspecified atom stereocenters. The van der Waals surface area contributed by atoms with Crippen molar-refractivity contribution in [3.63, 3.8) is 0 Å². The van der Waals surface area contributed by atoms with Crippen LogP contribution in [0.15, 0.2) is 58.5 Å². The van der Waals surface area contributed by atoms with E-state index in [1.54, 1.807) is 82.7 Å². The molecule has 0 aliphatic carbocycles. The number of ketones is 1. The van der Waals surface area contributed by atoms with Gasteiger partial charge in [-0.25, -0.2) is 9.59 Å². The molecule has 13 nitrogen and oxygen atoms in total. The molecule has 2 heterocycles. The number of carbonyl (C=O) groups excluding carboxylic acids is 3. The highest BCUT2D eigenvalue weighted by atomic mass is 19.4. The van der Waals surface area contributed by atoms with Gasteiger partial charge in [0.05, 0.1) is 6.54 Å². The van der Waals surface area contributed by atoms with Crippen molar-refractivity contribution in [1.82, 2.24) is 19.9 Å². The molecule has 1 aromatic carbocycles. The van der Waals surface area contributed by atoms with Crippen LogP contribution in [0.25, 0.3) is 0 Å². The summed E-state index contributed by atoms with van der Waals surface area (Å²) in [5.41, 5.74) is -0.610. The summed E-state index contributed by atoms with van der Waals surface area (Å²) in [6.45, 7) is 14.3. The molecule has 0 fully saturated rings. The number of alkyl carbamates (subject to hydrolysis) is 1. The Kier molecular flexibility index (Phi) is 17.3. The normalized spacial score (nSPS) is 15.9. The van der Waals surface area contributed by atoms with Crippen molar-refractivity contribution in [3.8, 4) is 5.75 Å². The van der Waals surface area contributed by atoms with Crippen LogP contribution in [0.1, 0.15) is 105 Å². The predicted octanol–water partition coefficient (Wildman–Crippen LogP) is 7.67. The number of alkyl halides is 3. The summed E-state index contributed by atoms with van der Waals surface area (Å²) in [5, 5.41) is 12.7. The van der Waals surface area contributed by atoms with Crippen LogP contribution in [0.2, 0.25) is 6.82 Å². The van der Waals surface area contributed by atoms with Crippen LogP contribution < -0.4 is 10.1 Å². The number of halogens is 3. The first-order chi connectivity index (χ1) is 26.2. The van der Waals surface area contributed by atoms with E-state index in [-0.39, 0.29) is 24.8 Å². The molecule has 2 aliphatic rings. The van der Waals surface area contributed by atoms with E-state index in [1.165, 1.54) is 0 Å². The lowest BCUT2D eigenvalue weighted by Gasteiger charge is -2.30. The lowest BCUT2D eigenvalue weighted by molar-refractivity contribution is -0.165. The maximum atomic E-state index is 13.3. The van der Waals surface area contributed by atoms with E-state index >= 15 is 0 Å². The summed E-state index contributed by atoms with van der Waals surface area (Å²) in [4.78, 5) is 50.2. The molecule has 56 heavy (non-hydrogen) atoms. The number of ether oxygens (including phenoxy) is 3. The zero-order valence-electron chi connectivity index (χ0n) is 33.8. The second-order valence-electron chi connectivity index (χ2n) is 15.7. The zero-order chi connectivity index (χ0) is 41.5. The number of carbonyl (C=O) groups is 3. The van der Waals surface area contributed by atoms with Gasteiger partial charge in [-0.15, -0.1) is 0 Å². The van der Waals surface area contributed by atoms with Crippen LogP contribution in [-0.2, 0) is 14.3 Å². The van der Waals surface area contributed by atoms with Gasteiger partial charge in [0.15, 0.2) is 0 Å². The number of amides is 2. The summed E-state index contributed by atoms with van der Waals surface area (Å²) in [6.07, 6.45) is 4.38. The summed E-state index contributed by atoms with van der Waals surface area (Å²) in [6, 6.07) is 7.27. The van der Waals surface area contributed by atoms with E-state index in [4.69, 9.17) is 14.2 Å². The molecule has 0 aromatic heterocycles. The predicted molar refractivity (Wildman–Crippen MR) is 210 cm³/mol. The second-order valence-corrected chi connectivity index (χ2v) is 15.7. The summed E-state index contributed by atoms with van der Waals surface area (Å²) in [5.74, 6) is -0.333. The molecule has 0 bridgehead atoms. The van der Waals surface area contributed by atoms with Crippen LogP contribution in [0.5, 0.6) is 5.75 Å². The zero-order valence-corrected chi connectivity index (χ0v) is 33.8. The minimum Gasteiger partial charge on any atom is -0.492 e. The monoisotopic (exact) mass is 790 g/mol. The van der Waals surface area contributed by atoms with Crippen LogP contribution in [0.3, 0.4) is 0 Å². The van der Waals surface area contributed by atoms with Gasteiger partial charge in [-0.3, -0.25) is 15.1 Å². The van der Waals surface area contributed by atoms with Gasteiger partial charge in [0.2, 0.25) is 0 Å². The summed E-state index contributed by atoms with van der Waals surface area (Å²) >= 11 is 0. The number of nitrogens with zero attached hydrogens (tertiary/aromatic N) is 5. The quantitative estimate of drug-likeness (QED) is 0.0530. The molecular formula is C39H58BF3N6O7. The first kappa shape index (κ1) is 45.9. The van der Waals surface area contributed by atoms with Crippen LogP contribution in [-0.4, -0.2) is 106 Å². The fourth-order valence-electron chi connectivity index (χ4n) is 5.85. The highest BCUT2D eigenvalue weighted by molar-refractivity contribution is 6.50. The van der Waals surface area contributed by atoms with Crippen LogP contribution in [0.4, 0.5) is 22.8 Å². The summed E-state index contributed by atoms with van der Waals surface area (Å²) < 4.78 is 56.3. The molecule has 0 saturated carbocycles. The smallest absolute Gasteiger partial charge is 0.454 e. The van der Waals surface area contributed by atoms with Gasteiger partial charge in [-0.2, -0.15) is 18.2 Å². The molecule has 0 spiro atoms. The maximum absolute atomic E-state index is 13.3. The van der Waals surface area contributed by atoms with Gasteiger partial charge in [0.25, 0.3) is 5.78 Å². The van der Waals surface area contributed by atoms with Gasteiger partial charge in [0, 0.05) is 50.1 Å². The Balaban J connectivity index is 1.44. The topological polar surface area (TPSA) is 146 Å². The number of allylic oxidation sites excluding steroid dienone is 1. The van der Waals surface area contributed by atoms with E-state index in [1.807, 2.05) is 16.9 Å². The van der Waals surface area contributed by atoms with Gasteiger partial charge < -0.3 is 33.8 Å². The highest BCUT2D eigenvalue weighted by Gasteiger charge is 2.38. The minimum absolute atomic E-state index is 0.142. The molecule has 2 N–H and O–H groups in total. The number of rotatable bonds is 17. The molecule has 0 saturated heterocycles. The number of unbranched alkanes of at least 4 members (excludes halogenated alkanes) is 6. The third-order valence-electron chi connectivity index (χ3n) is 8.39. The Labute approximate surface area is 329 Å². The number of amidine groups is 2. The lowest BCUT2D eigenvalue weighted by Crippen LogP contribution is -2.45. The average Bonchev–Trinajstić information content (AvgIpc) is 3.46. The fourth-order valence-corrected chi connectivity index (χ4v) is 5.85. The Morgan fingerprint density at radius 1 is 0.893 bits per heavy atom. The Morgan fingerprint density at radius 2 is 1.48 bits per heavy atom. The molecule has 17 heteroatoms. The van der Waals surface area contributed by atoms with Crippen LogP contribution in [0, 0.1) is 0 Å². The largest absolute Gasteiger partial charge is 0.492 e. The van der Waals surface area contributed by atoms with Crippen molar-refractivity contribution in [2.45, 2.75) is 124 Å². The molecule has 0 atom stereocenters. The highest BCUT2D eigenvalue weighted by Crippen LogP contribution is 2.25. The number of hydrogen-bond donors (Lipinski definition) is 2. The van der Waals surface area contributed by atoms with Crippen molar-refractivity contribution in [3.05, 3.63) is 54.1 Å². The van der Waals surface area contributed by atoms with Crippen molar-refractivity contribution < 1.29 is 46.8 Å². The maximum Gasteiger partial charge on any atom is 0.454 e. The Morgan fingerprint density at radius 3 is 2.07 bits per heavy atom. The number of hydrogen-bond acceptors (Lipinski definition) is 11. The van der Waals surface area contributed by atoms with Crippen molar-refractivity contribution >= 4 is 36.7 Å². The van der Waals surface area contributed by atoms with Gasteiger partial charge in [-0.1, -0.05) is 32.1 Å². The third-order valence-corrected chi connectivity index (χ3v) is 8.39. The summed E-state index contributed by atoms with van der Waals surface area (Å²) in [7, 11) is -0.668.